The van der Waals surface area contributed by atoms with Crippen LogP contribution in [0.2, 0.25) is 5.15 Å². The van der Waals surface area contributed by atoms with Crippen molar-refractivity contribution in [3.63, 3.8) is 0 Å². The fraction of sp³-hybridized carbons (Fsp3) is 0.250. The summed E-state index contributed by atoms with van der Waals surface area (Å²) in [5, 5.41) is -0.116. The lowest BCUT2D eigenvalue weighted by Gasteiger charge is -2.08. The normalized spacial score (nSPS) is 10.6. The molecule has 1 aromatic heterocycles. The Morgan fingerprint density at radius 2 is 2.29 bits per heavy atom. The van der Waals surface area contributed by atoms with Crippen molar-refractivity contribution < 1.29 is 13.6 Å². The molecule has 1 heterocycles. The highest BCUT2D eigenvalue weighted by Gasteiger charge is 2.18. The third-order valence-electron chi connectivity index (χ3n) is 1.60. The van der Waals surface area contributed by atoms with E-state index < -0.39 is 6.43 Å². The van der Waals surface area contributed by atoms with Crippen molar-refractivity contribution in [2.75, 3.05) is 0 Å². The summed E-state index contributed by atoms with van der Waals surface area (Å²) in [5.41, 5.74) is 0.00471. The molecule has 0 aliphatic heterocycles. The summed E-state index contributed by atoms with van der Waals surface area (Å²) in [6.07, 6.45) is -2.23. The van der Waals surface area contributed by atoms with Gasteiger partial charge in [0.15, 0.2) is 6.29 Å². The zero-order valence-electron chi connectivity index (χ0n) is 6.81. The predicted octanol–water partition coefficient (Wildman–Crippen LogP) is 3.38. The number of nitrogens with zero attached hydrogens (tertiary/aromatic N) is 1. The molecular formula is C8H5BrClF2NO. The number of carbonyl (C=O) groups excluding carboxylic acids is 1. The van der Waals surface area contributed by atoms with Gasteiger partial charge in [-0.25, -0.2) is 13.8 Å². The van der Waals surface area contributed by atoms with E-state index in [1.807, 2.05) is 0 Å². The Hall–Kier alpha value is -0.550. The van der Waals surface area contributed by atoms with Crippen molar-refractivity contribution >= 4 is 33.8 Å². The van der Waals surface area contributed by atoms with Crippen molar-refractivity contribution in [2.45, 2.75) is 11.8 Å². The zero-order valence-corrected chi connectivity index (χ0v) is 9.15. The van der Waals surface area contributed by atoms with E-state index in [9.17, 15) is 13.6 Å². The van der Waals surface area contributed by atoms with Crippen LogP contribution in [0.25, 0.3) is 0 Å². The molecule has 0 saturated heterocycles. The largest absolute Gasteiger partial charge is 0.296 e. The topological polar surface area (TPSA) is 30.0 Å². The fourth-order valence-electron chi connectivity index (χ4n) is 0.996. The summed E-state index contributed by atoms with van der Waals surface area (Å²) >= 11 is 8.55. The Morgan fingerprint density at radius 1 is 1.64 bits per heavy atom. The second kappa shape index (κ2) is 4.79. The Labute approximate surface area is 92.4 Å². The number of aldehydes is 1. The SMILES string of the molecule is O=Cc1cc(CBr)c(C(F)F)c(Cl)n1. The van der Waals surface area contributed by atoms with Gasteiger partial charge in [-0.3, -0.25) is 4.79 Å². The third kappa shape index (κ3) is 2.27. The van der Waals surface area contributed by atoms with E-state index in [0.717, 1.165) is 0 Å². The van der Waals surface area contributed by atoms with Gasteiger partial charge < -0.3 is 0 Å². The van der Waals surface area contributed by atoms with E-state index in [1.54, 1.807) is 0 Å². The Kier molecular flexibility index (Phi) is 3.95. The van der Waals surface area contributed by atoms with Crippen molar-refractivity contribution in [3.05, 3.63) is 28.0 Å². The molecule has 2 nitrogen and oxygen atoms in total. The van der Waals surface area contributed by atoms with Gasteiger partial charge in [-0.05, 0) is 11.6 Å². The summed E-state index contributed by atoms with van der Waals surface area (Å²) in [7, 11) is 0. The molecular weight excluding hydrogens is 279 g/mol. The molecule has 14 heavy (non-hydrogen) atoms. The van der Waals surface area contributed by atoms with Gasteiger partial charge in [0, 0.05) is 5.33 Å². The molecule has 0 spiro atoms. The maximum absolute atomic E-state index is 12.5. The zero-order chi connectivity index (χ0) is 10.7. The van der Waals surface area contributed by atoms with Gasteiger partial charge in [0.1, 0.15) is 10.8 Å². The molecule has 0 aliphatic carbocycles. The molecule has 0 atom stereocenters. The number of halogens is 4. The molecule has 0 fully saturated rings. The van der Waals surface area contributed by atoms with E-state index in [0.29, 0.717) is 6.29 Å². The minimum Gasteiger partial charge on any atom is -0.296 e. The highest BCUT2D eigenvalue weighted by molar-refractivity contribution is 9.08. The van der Waals surface area contributed by atoms with E-state index in [2.05, 4.69) is 20.9 Å². The summed E-state index contributed by atoms with van der Waals surface area (Å²) in [6, 6.07) is 1.29. The molecule has 6 heteroatoms. The van der Waals surface area contributed by atoms with Crippen molar-refractivity contribution in [3.8, 4) is 0 Å². The van der Waals surface area contributed by atoms with Crippen LogP contribution >= 0.6 is 27.5 Å². The van der Waals surface area contributed by atoms with Crippen molar-refractivity contribution in [2.24, 2.45) is 0 Å². The minimum absolute atomic E-state index is 0.0499. The average molecular weight is 284 g/mol. The lowest BCUT2D eigenvalue weighted by atomic mass is 10.1. The lowest BCUT2D eigenvalue weighted by molar-refractivity contribution is 0.111. The van der Waals surface area contributed by atoms with Gasteiger partial charge in [-0.1, -0.05) is 27.5 Å². The second-order valence-corrected chi connectivity index (χ2v) is 3.38. The first-order chi connectivity index (χ1) is 6.60. The highest BCUT2D eigenvalue weighted by atomic mass is 79.9. The summed E-state index contributed by atoms with van der Waals surface area (Å²) in [5.74, 6) is 0. The van der Waals surface area contributed by atoms with Crippen LogP contribution in [0.3, 0.4) is 0 Å². The van der Waals surface area contributed by atoms with Gasteiger partial charge in [-0.2, -0.15) is 0 Å². The van der Waals surface area contributed by atoms with Crippen LogP contribution in [0.15, 0.2) is 6.07 Å². The summed E-state index contributed by atoms with van der Waals surface area (Å²) < 4.78 is 25.0. The maximum atomic E-state index is 12.5. The molecule has 0 N–H and O–H groups in total. The van der Waals surface area contributed by atoms with Gasteiger partial charge in [0.05, 0.1) is 5.56 Å². The van der Waals surface area contributed by atoms with Crippen LogP contribution < -0.4 is 0 Å². The number of carbonyl (C=O) groups is 1. The number of alkyl halides is 3. The van der Waals surface area contributed by atoms with Gasteiger partial charge in [0.2, 0.25) is 0 Å². The molecule has 0 radical (unpaired) electrons. The number of hydrogen-bond donors (Lipinski definition) is 0. The molecule has 0 amide bonds. The van der Waals surface area contributed by atoms with Gasteiger partial charge in [-0.15, -0.1) is 0 Å². The monoisotopic (exact) mass is 283 g/mol. The smallest absolute Gasteiger partial charge is 0.267 e. The van der Waals surface area contributed by atoms with Crippen LogP contribution in [0.1, 0.15) is 28.0 Å². The summed E-state index contributed by atoms with van der Waals surface area (Å²) in [4.78, 5) is 13.9. The van der Waals surface area contributed by atoms with E-state index in [1.165, 1.54) is 6.07 Å². The molecule has 76 valence electrons. The van der Waals surface area contributed by atoms with E-state index in [4.69, 9.17) is 11.6 Å². The van der Waals surface area contributed by atoms with Crippen LogP contribution in [-0.4, -0.2) is 11.3 Å². The second-order valence-electron chi connectivity index (χ2n) is 2.46. The maximum Gasteiger partial charge on any atom is 0.267 e. The van der Waals surface area contributed by atoms with E-state index in [-0.39, 0.29) is 27.3 Å². The van der Waals surface area contributed by atoms with E-state index >= 15 is 0 Å². The quantitative estimate of drug-likeness (QED) is 0.484. The summed E-state index contributed by atoms with van der Waals surface area (Å²) in [6.45, 7) is 0. The van der Waals surface area contributed by atoms with Crippen LogP contribution in [0.4, 0.5) is 8.78 Å². The Morgan fingerprint density at radius 3 is 2.71 bits per heavy atom. The molecule has 0 aromatic carbocycles. The third-order valence-corrected chi connectivity index (χ3v) is 2.49. The van der Waals surface area contributed by atoms with Gasteiger partial charge in [0.25, 0.3) is 6.43 Å². The number of rotatable bonds is 3. The number of pyridine rings is 1. The predicted molar refractivity (Wildman–Crippen MR) is 52.2 cm³/mol. The Balaban J connectivity index is 3.34. The first-order valence-electron chi connectivity index (χ1n) is 3.58. The highest BCUT2D eigenvalue weighted by Crippen LogP contribution is 2.30. The molecule has 1 rings (SSSR count). The lowest BCUT2D eigenvalue weighted by Crippen LogP contribution is -1.99. The van der Waals surface area contributed by atoms with Crippen LogP contribution in [-0.2, 0) is 5.33 Å². The van der Waals surface area contributed by atoms with Crippen LogP contribution in [0.5, 0.6) is 0 Å². The molecule has 1 aromatic rings. The fourth-order valence-corrected chi connectivity index (χ4v) is 1.76. The molecule has 0 saturated carbocycles. The van der Waals surface area contributed by atoms with Crippen molar-refractivity contribution in [1.82, 2.24) is 4.98 Å². The standard InChI is InChI=1S/C8H5BrClF2NO/c9-2-4-1-5(3-14)13-7(10)6(4)8(11)12/h1,3,8H,2H2. The first kappa shape index (κ1) is 11.5. The average Bonchev–Trinajstić information content (AvgIpc) is 2.15. The van der Waals surface area contributed by atoms with Crippen molar-refractivity contribution in [1.29, 1.82) is 0 Å². The van der Waals surface area contributed by atoms with Crippen LogP contribution in [0, 0.1) is 0 Å². The number of aromatic nitrogens is 1. The number of hydrogen-bond acceptors (Lipinski definition) is 2. The Bertz CT molecular complexity index is 359. The molecule has 0 bridgehead atoms. The first-order valence-corrected chi connectivity index (χ1v) is 5.08. The molecule has 0 aliphatic rings. The minimum atomic E-state index is -2.69. The van der Waals surface area contributed by atoms with Gasteiger partial charge >= 0.3 is 0 Å². The molecule has 0 unspecified atom stereocenters.